The van der Waals surface area contributed by atoms with E-state index in [1.165, 1.54) is 19.3 Å². The highest BCUT2D eigenvalue weighted by molar-refractivity contribution is 5.96. The summed E-state index contributed by atoms with van der Waals surface area (Å²) >= 11 is 0. The largest absolute Gasteiger partial charge is 0.435 e. The maximum Gasteiger partial charge on any atom is 0.435 e. The molecule has 1 aromatic carbocycles. The molecule has 8 nitrogen and oxygen atoms in total. The fourth-order valence-corrected chi connectivity index (χ4v) is 4.65. The van der Waals surface area contributed by atoms with Gasteiger partial charge >= 0.3 is 6.18 Å². The van der Waals surface area contributed by atoms with Crippen LogP contribution in [0.4, 0.5) is 17.6 Å². The standard InChI is InChI=1S/C27H27F4N7O/c1-15-8-22(33-12-21(15)28)23(17-4-5-17)34-25(39)19-10-16(13-38-7-6-36(2)26(38)32)9-18(11-19)20-14-37(3)35-24(20)27(29,30)31/h6-12,14,17,23,32H,4-5,13H2,1-3H3,(H,34,39). The second-order valence-corrected chi connectivity index (χ2v) is 9.99. The first-order valence-corrected chi connectivity index (χ1v) is 12.3. The molecular weight excluding hydrogens is 514 g/mol. The molecule has 1 fully saturated rings. The monoisotopic (exact) mass is 541 g/mol. The van der Waals surface area contributed by atoms with Gasteiger partial charge in [0.15, 0.2) is 5.69 Å². The van der Waals surface area contributed by atoms with Gasteiger partial charge in [-0.3, -0.25) is 19.9 Å². The minimum Gasteiger partial charge on any atom is -0.343 e. The van der Waals surface area contributed by atoms with Crippen molar-refractivity contribution in [2.45, 2.75) is 38.5 Å². The van der Waals surface area contributed by atoms with E-state index in [0.717, 1.165) is 23.7 Å². The van der Waals surface area contributed by atoms with Crippen molar-refractivity contribution < 1.29 is 22.4 Å². The molecule has 4 aromatic rings. The highest BCUT2D eigenvalue weighted by atomic mass is 19.4. The molecular formula is C27H27F4N7O. The van der Waals surface area contributed by atoms with Crippen LogP contribution in [0, 0.1) is 24.1 Å². The molecule has 1 aliphatic rings. The number of hydrogen-bond acceptors (Lipinski definition) is 4. The van der Waals surface area contributed by atoms with Gasteiger partial charge in [0.25, 0.3) is 5.91 Å². The summed E-state index contributed by atoms with van der Waals surface area (Å²) in [6, 6.07) is 5.74. The number of rotatable bonds is 7. The van der Waals surface area contributed by atoms with E-state index in [-0.39, 0.29) is 34.8 Å². The van der Waals surface area contributed by atoms with Gasteiger partial charge in [0.2, 0.25) is 5.62 Å². The van der Waals surface area contributed by atoms with Crippen LogP contribution in [0.1, 0.15) is 51.8 Å². The minimum absolute atomic E-state index is 0.134. The average Bonchev–Trinajstić information content (AvgIpc) is 3.57. The zero-order valence-electron chi connectivity index (χ0n) is 21.6. The van der Waals surface area contributed by atoms with Crippen molar-refractivity contribution in [1.82, 2.24) is 29.2 Å². The fraction of sp³-hybridized carbons (Fsp3) is 0.333. The molecule has 39 heavy (non-hydrogen) atoms. The molecule has 3 aromatic heterocycles. The number of amides is 1. The summed E-state index contributed by atoms with van der Waals surface area (Å²) in [6.07, 6.45) is 2.83. The number of alkyl halides is 3. The molecule has 5 rings (SSSR count). The molecule has 1 aliphatic carbocycles. The number of aryl methyl sites for hydroxylation is 3. The van der Waals surface area contributed by atoms with Gasteiger partial charge in [0, 0.05) is 43.8 Å². The van der Waals surface area contributed by atoms with E-state index in [0.29, 0.717) is 16.8 Å². The summed E-state index contributed by atoms with van der Waals surface area (Å²) in [5.74, 6) is -0.795. The zero-order chi connectivity index (χ0) is 28.1. The third-order valence-corrected chi connectivity index (χ3v) is 6.86. The Balaban J connectivity index is 1.56. The number of carbonyl (C=O) groups is 1. The van der Waals surface area contributed by atoms with Gasteiger partial charge in [-0.1, -0.05) is 0 Å². The number of benzene rings is 1. The second kappa shape index (κ2) is 9.83. The number of nitrogens with one attached hydrogen (secondary N) is 2. The maximum atomic E-state index is 13.8. The fourth-order valence-electron chi connectivity index (χ4n) is 4.65. The first-order chi connectivity index (χ1) is 18.4. The van der Waals surface area contributed by atoms with E-state index in [1.807, 2.05) is 0 Å². The van der Waals surface area contributed by atoms with E-state index in [9.17, 15) is 22.4 Å². The van der Waals surface area contributed by atoms with Gasteiger partial charge in [-0.25, -0.2) is 4.39 Å². The molecule has 1 saturated carbocycles. The van der Waals surface area contributed by atoms with Crippen LogP contribution in [0.3, 0.4) is 0 Å². The topological polar surface area (TPSA) is 93.5 Å². The van der Waals surface area contributed by atoms with Crippen LogP contribution in [0.5, 0.6) is 0 Å². The van der Waals surface area contributed by atoms with Crippen molar-refractivity contribution in [2.75, 3.05) is 0 Å². The zero-order valence-corrected chi connectivity index (χ0v) is 21.6. The smallest absolute Gasteiger partial charge is 0.343 e. The second-order valence-electron chi connectivity index (χ2n) is 9.99. The molecule has 3 heterocycles. The lowest BCUT2D eigenvalue weighted by atomic mass is 9.98. The highest BCUT2D eigenvalue weighted by Gasteiger charge is 2.38. The van der Waals surface area contributed by atoms with Crippen molar-refractivity contribution in [3.05, 3.63) is 88.6 Å². The van der Waals surface area contributed by atoms with Crippen LogP contribution in [0.15, 0.2) is 49.1 Å². The number of halogens is 4. The van der Waals surface area contributed by atoms with Crippen LogP contribution in [-0.2, 0) is 26.8 Å². The minimum atomic E-state index is -4.69. The van der Waals surface area contributed by atoms with E-state index < -0.39 is 29.6 Å². The van der Waals surface area contributed by atoms with E-state index >= 15 is 0 Å². The van der Waals surface area contributed by atoms with Crippen LogP contribution < -0.4 is 10.9 Å². The lowest BCUT2D eigenvalue weighted by Crippen LogP contribution is -2.31. The quantitative estimate of drug-likeness (QED) is 0.338. The van der Waals surface area contributed by atoms with Gasteiger partial charge in [0.05, 0.1) is 24.5 Å². The molecule has 1 unspecified atom stereocenters. The molecule has 1 atom stereocenters. The first-order valence-electron chi connectivity index (χ1n) is 12.3. The van der Waals surface area contributed by atoms with Gasteiger partial charge < -0.3 is 14.5 Å². The number of carbonyl (C=O) groups excluding carboxylic acids is 1. The predicted molar refractivity (Wildman–Crippen MR) is 134 cm³/mol. The molecule has 204 valence electrons. The summed E-state index contributed by atoms with van der Waals surface area (Å²) < 4.78 is 59.5. The molecule has 0 bridgehead atoms. The maximum absolute atomic E-state index is 13.8. The molecule has 0 saturated heterocycles. The van der Waals surface area contributed by atoms with Crippen molar-refractivity contribution in [3.63, 3.8) is 0 Å². The number of nitrogens with zero attached hydrogens (tertiary/aromatic N) is 5. The average molecular weight is 542 g/mol. The summed E-state index contributed by atoms with van der Waals surface area (Å²) in [5, 5.41) is 14.8. The first kappa shape index (κ1) is 26.4. The van der Waals surface area contributed by atoms with Crippen molar-refractivity contribution in [2.24, 2.45) is 20.0 Å². The number of hydrogen-bond donors (Lipinski definition) is 2. The normalized spacial score (nSPS) is 14.4. The Hall–Kier alpha value is -4.22. The highest BCUT2D eigenvalue weighted by Crippen LogP contribution is 2.41. The van der Waals surface area contributed by atoms with Gasteiger partial charge in [-0.05, 0) is 66.6 Å². The number of aromatic nitrogens is 5. The molecule has 1 amide bonds. The van der Waals surface area contributed by atoms with Crippen LogP contribution in [0.25, 0.3) is 11.1 Å². The van der Waals surface area contributed by atoms with Crippen LogP contribution in [-0.4, -0.2) is 29.8 Å². The van der Waals surface area contributed by atoms with E-state index in [4.69, 9.17) is 5.41 Å². The summed E-state index contributed by atoms with van der Waals surface area (Å²) in [7, 11) is 3.11. The van der Waals surface area contributed by atoms with Crippen molar-refractivity contribution >= 4 is 5.91 Å². The van der Waals surface area contributed by atoms with E-state index in [1.54, 1.807) is 53.7 Å². The third-order valence-electron chi connectivity index (χ3n) is 6.86. The van der Waals surface area contributed by atoms with E-state index in [2.05, 4.69) is 15.4 Å². The lowest BCUT2D eigenvalue weighted by Gasteiger charge is -2.19. The Labute approximate surface area is 221 Å². The SMILES string of the molecule is Cc1cc(C(NC(=O)c2cc(Cn3ccn(C)c3=N)cc(-c3cn(C)nc3C(F)(F)F)c2)C2CC2)ncc1F. The predicted octanol–water partition coefficient (Wildman–Crippen LogP) is 4.50. The summed E-state index contributed by atoms with van der Waals surface area (Å²) in [4.78, 5) is 17.7. The summed E-state index contributed by atoms with van der Waals surface area (Å²) in [6.45, 7) is 1.79. The Morgan fingerprint density at radius 1 is 1.18 bits per heavy atom. The van der Waals surface area contributed by atoms with Crippen molar-refractivity contribution in [3.8, 4) is 11.1 Å². The van der Waals surface area contributed by atoms with Crippen LogP contribution in [0.2, 0.25) is 0 Å². The summed E-state index contributed by atoms with van der Waals surface area (Å²) in [5.41, 5.74) is 0.807. The molecule has 0 spiro atoms. The molecule has 12 heteroatoms. The third kappa shape index (κ3) is 5.50. The Morgan fingerprint density at radius 2 is 1.92 bits per heavy atom. The lowest BCUT2D eigenvalue weighted by molar-refractivity contribution is -0.140. The Morgan fingerprint density at radius 3 is 2.54 bits per heavy atom. The Bertz CT molecular complexity index is 1610. The van der Waals surface area contributed by atoms with Crippen LogP contribution >= 0.6 is 0 Å². The molecule has 0 aliphatic heterocycles. The van der Waals surface area contributed by atoms with Crippen molar-refractivity contribution in [1.29, 1.82) is 5.41 Å². The number of imidazole rings is 1. The number of pyridine rings is 1. The van der Waals surface area contributed by atoms with Gasteiger partial charge in [0.1, 0.15) is 5.82 Å². The molecule has 0 radical (unpaired) electrons. The molecule has 2 N–H and O–H groups in total. The van der Waals surface area contributed by atoms with Gasteiger partial charge in [-0.15, -0.1) is 0 Å². The Kier molecular flexibility index (Phi) is 6.65. The van der Waals surface area contributed by atoms with Gasteiger partial charge in [-0.2, -0.15) is 18.3 Å².